The van der Waals surface area contributed by atoms with E-state index in [4.69, 9.17) is 0 Å². The number of nitrogens with zero attached hydrogens (tertiary/aromatic N) is 4. The summed E-state index contributed by atoms with van der Waals surface area (Å²) in [6, 6.07) is 17.5. The van der Waals surface area contributed by atoms with E-state index in [-0.39, 0.29) is 77.5 Å². The molecule has 0 spiro atoms. The van der Waals surface area contributed by atoms with Crippen LogP contribution < -0.4 is 0 Å². The number of aromatic hydroxyl groups is 2. The van der Waals surface area contributed by atoms with Gasteiger partial charge in [-0.05, 0) is 95.6 Å². The number of pyridine rings is 4. The van der Waals surface area contributed by atoms with E-state index in [0.29, 0.717) is 11.4 Å². The Labute approximate surface area is 342 Å². The first-order valence-electron chi connectivity index (χ1n) is 17.0. The average Bonchev–Trinajstić information content (AvgIpc) is 3.35. The van der Waals surface area contributed by atoms with E-state index in [1.807, 2.05) is 36.4 Å². The molecular weight excluding hydrogens is 1010 g/mol. The van der Waals surface area contributed by atoms with Crippen molar-refractivity contribution in [1.82, 2.24) is 19.9 Å². The molecule has 0 amide bonds. The summed E-state index contributed by atoms with van der Waals surface area (Å²) in [5.74, 6) is 9.60. The fourth-order valence-corrected chi connectivity index (χ4v) is 6.94. The first-order valence-corrected chi connectivity index (χ1v) is 17.0. The molecule has 0 bridgehead atoms. The molecule has 2 aliphatic rings. The first kappa shape index (κ1) is 56.2. The van der Waals surface area contributed by atoms with E-state index in [2.05, 4.69) is 89.2 Å². The summed E-state index contributed by atoms with van der Waals surface area (Å²) in [6.07, 6.45) is 6.50. The van der Waals surface area contributed by atoms with Crippen LogP contribution in [0.5, 0.6) is 11.5 Å². The Morgan fingerprint density at radius 3 is 0.788 bits per heavy atom. The Bertz CT molecular complexity index is 1270. The van der Waals surface area contributed by atoms with Gasteiger partial charge in [-0.25, -0.2) is 0 Å². The van der Waals surface area contributed by atoms with E-state index in [1.54, 1.807) is 12.4 Å². The Kier molecular flexibility index (Phi) is 29.2. The van der Waals surface area contributed by atoms with Gasteiger partial charge in [-0.2, -0.15) is 0 Å². The molecule has 52 heavy (non-hydrogen) atoms. The molecular formula is C42H66Ir2N4O4-2. The van der Waals surface area contributed by atoms with Crippen LogP contribution in [0.1, 0.15) is 69.2 Å². The Morgan fingerprint density at radius 1 is 0.365 bits per heavy atom. The standard InChI is InChI=1S/C10H8N2O2.C10H8N2.2C10H20.2CH3.2Ir.2H2O/c13-7-1-3-11-9(5-7)10-6-8(14)2-4-12-10;1-3-7-11-9(5-1)10-6-2-4-8-12-10;2*1-6-7(2)9(4)10(5)8(6)3;;;;;;/h1-6H,(H,11,13)(H,12,14);1-8H;2*6-10H,1-5H3;2*1H3;;;2*1H2/q;;;;2*-1;;;;. The van der Waals surface area contributed by atoms with Gasteiger partial charge in [0, 0.05) is 77.1 Å². The first-order chi connectivity index (χ1) is 21.8. The molecule has 2 saturated carbocycles. The molecule has 4 aromatic rings. The minimum atomic E-state index is 0. The van der Waals surface area contributed by atoms with Crippen LogP contribution in [-0.2, 0) is 40.2 Å². The van der Waals surface area contributed by atoms with Gasteiger partial charge in [0.15, 0.2) is 0 Å². The van der Waals surface area contributed by atoms with Crippen molar-refractivity contribution in [2.75, 3.05) is 0 Å². The molecule has 8 nitrogen and oxygen atoms in total. The molecule has 2 aliphatic carbocycles. The third-order valence-corrected chi connectivity index (χ3v) is 11.6. The second-order valence-electron chi connectivity index (χ2n) is 13.8. The van der Waals surface area contributed by atoms with Crippen molar-refractivity contribution in [3.8, 4) is 34.3 Å². The summed E-state index contributed by atoms with van der Waals surface area (Å²) in [6.45, 7) is 24.0. The van der Waals surface area contributed by atoms with Crippen LogP contribution in [-0.4, -0.2) is 41.1 Å². The van der Waals surface area contributed by atoms with Crippen LogP contribution in [0.3, 0.4) is 0 Å². The van der Waals surface area contributed by atoms with E-state index in [0.717, 1.165) is 70.6 Å². The van der Waals surface area contributed by atoms with Crippen LogP contribution in [0.2, 0.25) is 0 Å². The summed E-state index contributed by atoms with van der Waals surface area (Å²) in [7, 11) is 0. The van der Waals surface area contributed by atoms with Gasteiger partial charge in [0.05, 0.1) is 22.8 Å². The van der Waals surface area contributed by atoms with E-state index in [9.17, 15) is 10.2 Å². The van der Waals surface area contributed by atoms with Crippen LogP contribution in [0.4, 0.5) is 0 Å². The molecule has 4 aromatic heterocycles. The minimum Gasteiger partial charge on any atom is -0.508 e. The van der Waals surface area contributed by atoms with Crippen LogP contribution in [0.25, 0.3) is 22.8 Å². The summed E-state index contributed by atoms with van der Waals surface area (Å²) < 4.78 is 0. The maximum absolute atomic E-state index is 9.21. The van der Waals surface area contributed by atoms with Crippen molar-refractivity contribution in [2.24, 2.45) is 59.2 Å². The molecule has 0 atom stereocenters. The quantitative estimate of drug-likeness (QED) is 0.191. The van der Waals surface area contributed by atoms with Gasteiger partial charge in [-0.15, -0.1) is 0 Å². The SMILES string of the molecule is CC1C(C)C(C)C(C)C1C.CC1C(C)C(C)C(C)C1C.O.O.Oc1ccnc(-c2cc(O)ccn2)c1.[CH3-].[CH3-].[Ir].[Ir].c1ccc(-c2ccccn2)nc1. The zero-order valence-electron chi connectivity index (χ0n) is 33.2. The molecule has 0 saturated heterocycles. The Morgan fingerprint density at radius 2 is 0.596 bits per heavy atom. The van der Waals surface area contributed by atoms with E-state index in [1.165, 1.54) is 36.7 Å². The maximum Gasteiger partial charge on any atom is 0.119 e. The van der Waals surface area contributed by atoms with Gasteiger partial charge >= 0.3 is 0 Å². The molecule has 298 valence electrons. The predicted molar refractivity (Wildman–Crippen MR) is 210 cm³/mol. The molecule has 0 aliphatic heterocycles. The molecule has 6 rings (SSSR count). The largest absolute Gasteiger partial charge is 0.508 e. The van der Waals surface area contributed by atoms with Gasteiger partial charge in [0.2, 0.25) is 0 Å². The molecule has 10 heteroatoms. The predicted octanol–water partition coefficient (Wildman–Crippen LogP) is 9.31. The van der Waals surface area contributed by atoms with Crippen molar-refractivity contribution in [3.63, 3.8) is 0 Å². The topological polar surface area (TPSA) is 155 Å². The zero-order chi connectivity index (χ0) is 34.0. The summed E-state index contributed by atoms with van der Waals surface area (Å²) >= 11 is 0. The van der Waals surface area contributed by atoms with E-state index >= 15 is 0 Å². The summed E-state index contributed by atoms with van der Waals surface area (Å²) in [5, 5.41) is 18.4. The summed E-state index contributed by atoms with van der Waals surface area (Å²) in [5.41, 5.74) is 2.89. The molecule has 0 aromatic carbocycles. The minimum absolute atomic E-state index is 0. The molecule has 2 radical (unpaired) electrons. The second kappa shape index (κ2) is 27.1. The van der Waals surface area contributed by atoms with Gasteiger partial charge < -0.3 is 36.0 Å². The van der Waals surface area contributed by atoms with Crippen molar-refractivity contribution >= 4 is 0 Å². The normalized spacial score (nSPS) is 26.3. The maximum atomic E-state index is 9.21. The number of hydrogen-bond donors (Lipinski definition) is 2. The van der Waals surface area contributed by atoms with Gasteiger partial charge in [0.1, 0.15) is 11.5 Å². The van der Waals surface area contributed by atoms with Crippen molar-refractivity contribution < 1.29 is 61.4 Å². The smallest absolute Gasteiger partial charge is 0.119 e. The fourth-order valence-electron chi connectivity index (χ4n) is 6.94. The second-order valence-corrected chi connectivity index (χ2v) is 13.8. The number of hydrogen-bond acceptors (Lipinski definition) is 6. The van der Waals surface area contributed by atoms with Crippen molar-refractivity contribution in [2.45, 2.75) is 69.2 Å². The van der Waals surface area contributed by atoms with Gasteiger partial charge in [0.25, 0.3) is 0 Å². The van der Waals surface area contributed by atoms with Crippen molar-refractivity contribution in [1.29, 1.82) is 0 Å². The Hall–Kier alpha value is -2.58. The number of rotatable bonds is 2. The third kappa shape index (κ3) is 15.4. The molecule has 6 N–H and O–H groups in total. The zero-order valence-corrected chi connectivity index (χ0v) is 38.0. The monoisotopic (exact) mass is 1080 g/mol. The Balaban J connectivity index is -0.000000287. The summed E-state index contributed by atoms with van der Waals surface area (Å²) in [4.78, 5) is 16.4. The molecule has 0 unspecified atom stereocenters. The van der Waals surface area contributed by atoms with Gasteiger partial charge in [-0.3, -0.25) is 19.9 Å². The van der Waals surface area contributed by atoms with Crippen LogP contribution >= 0.6 is 0 Å². The van der Waals surface area contributed by atoms with Gasteiger partial charge in [-0.1, -0.05) is 81.4 Å². The molecule has 2 fully saturated rings. The third-order valence-electron chi connectivity index (χ3n) is 11.6. The van der Waals surface area contributed by atoms with Crippen LogP contribution in [0, 0.1) is 74.0 Å². The average molecular weight is 1080 g/mol. The van der Waals surface area contributed by atoms with Crippen LogP contribution in [0.15, 0.2) is 85.5 Å². The fraction of sp³-hybridized carbons (Fsp3) is 0.476. The van der Waals surface area contributed by atoms with Crippen molar-refractivity contribution in [3.05, 3.63) is 100 Å². The molecule has 4 heterocycles. The number of aromatic nitrogens is 4. The van der Waals surface area contributed by atoms with E-state index < -0.39 is 0 Å².